The Labute approximate surface area is 109 Å². The zero-order valence-corrected chi connectivity index (χ0v) is 10.2. The molecule has 0 aliphatic carbocycles. The van der Waals surface area contributed by atoms with Gasteiger partial charge in [0.15, 0.2) is 0 Å². The van der Waals surface area contributed by atoms with Crippen LogP contribution in [0.5, 0.6) is 0 Å². The number of anilines is 1. The molecule has 1 aromatic carbocycles. The van der Waals surface area contributed by atoms with Crippen molar-refractivity contribution in [2.45, 2.75) is 18.6 Å². The van der Waals surface area contributed by atoms with Gasteiger partial charge in [0.1, 0.15) is 11.9 Å². The highest BCUT2D eigenvalue weighted by molar-refractivity contribution is 5.93. The molecule has 2 unspecified atom stereocenters. The third-order valence-corrected chi connectivity index (χ3v) is 2.95. The van der Waals surface area contributed by atoms with Crippen LogP contribution in [-0.4, -0.2) is 27.2 Å². The SMILES string of the molecule is NC(=O)CC(O)C(O)c1cnc(N)c2ccccc12. The predicted molar refractivity (Wildman–Crippen MR) is 70.9 cm³/mol. The molecule has 1 amide bonds. The van der Waals surface area contributed by atoms with E-state index in [1.165, 1.54) is 6.20 Å². The summed E-state index contributed by atoms with van der Waals surface area (Å²) in [4.78, 5) is 14.8. The average Bonchev–Trinajstić information content (AvgIpc) is 2.38. The van der Waals surface area contributed by atoms with Crippen molar-refractivity contribution in [3.8, 4) is 0 Å². The summed E-state index contributed by atoms with van der Waals surface area (Å²) in [7, 11) is 0. The van der Waals surface area contributed by atoms with Crippen LogP contribution in [0.15, 0.2) is 30.5 Å². The molecular weight excluding hydrogens is 246 g/mol. The van der Waals surface area contributed by atoms with E-state index in [4.69, 9.17) is 11.5 Å². The van der Waals surface area contributed by atoms with Gasteiger partial charge in [0.05, 0.1) is 12.5 Å². The van der Waals surface area contributed by atoms with E-state index in [2.05, 4.69) is 4.98 Å². The Hall–Kier alpha value is -2.18. The molecule has 0 fully saturated rings. The van der Waals surface area contributed by atoms with E-state index in [9.17, 15) is 15.0 Å². The summed E-state index contributed by atoms with van der Waals surface area (Å²) in [5, 5.41) is 21.2. The van der Waals surface area contributed by atoms with Crippen molar-refractivity contribution in [3.63, 3.8) is 0 Å². The molecule has 0 aliphatic heterocycles. The van der Waals surface area contributed by atoms with Crippen LogP contribution < -0.4 is 11.5 Å². The first-order chi connectivity index (χ1) is 9.00. The number of carbonyl (C=O) groups excluding carboxylic acids is 1. The lowest BCUT2D eigenvalue weighted by Crippen LogP contribution is -2.26. The van der Waals surface area contributed by atoms with Crippen LogP contribution in [0.3, 0.4) is 0 Å². The number of primary amides is 1. The first-order valence-corrected chi connectivity index (χ1v) is 5.78. The molecule has 2 rings (SSSR count). The van der Waals surface area contributed by atoms with Crippen LogP contribution in [0, 0.1) is 0 Å². The fraction of sp³-hybridized carbons (Fsp3) is 0.231. The number of benzene rings is 1. The van der Waals surface area contributed by atoms with Crippen molar-refractivity contribution in [2.24, 2.45) is 5.73 Å². The van der Waals surface area contributed by atoms with Gasteiger partial charge in [-0.1, -0.05) is 24.3 Å². The maximum Gasteiger partial charge on any atom is 0.220 e. The van der Waals surface area contributed by atoms with Gasteiger partial charge in [-0.15, -0.1) is 0 Å². The number of carbonyl (C=O) groups is 1. The third kappa shape index (κ3) is 2.64. The lowest BCUT2D eigenvalue weighted by molar-refractivity contribution is -0.121. The Balaban J connectivity index is 2.45. The van der Waals surface area contributed by atoms with Crippen LogP contribution >= 0.6 is 0 Å². The quantitative estimate of drug-likeness (QED) is 0.621. The lowest BCUT2D eigenvalue weighted by Gasteiger charge is -2.18. The highest BCUT2D eigenvalue weighted by Crippen LogP contribution is 2.29. The van der Waals surface area contributed by atoms with E-state index >= 15 is 0 Å². The van der Waals surface area contributed by atoms with Crippen molar-refractivity contribution < 1.29 is 15.0 Å². The van der Waals surface area contributed by atoms with Crippen LogP contribution in [0.1, 0.15) is 18.1 Å². The van der Waals surface area contributed by atoms with E-state index in [1.54, 1.807) is 24.3 Å². The number of aliphatic hydroxyl groups excluding tert-OH is 2. The maximum absolute atomic E-state index is 10.8. The highest BCUT2D eigenvalue weighted by Gasteiger charge is 2.22. The van der Waals surface area contributed by atoms with E-state index < -0.39 is 18.1 Å². The monoisotopic (exact) mass is 261 g/mol. The molecule has 2 aromatic rings. The van der Waals surface area contributed by atoms with Gasteiger partial charge in [-0.05, 0) is 5.39 Å². The van der Waals surface area contributed by atoms with Gasteiger partial charge in [0.2, 0.25) is 5.91 Å². The van der Waals surface area contributed by atoms with Gasteiger partial charge in [0.25, 0.3) is 0 Å². The Bertz CT molecular complexity index is 615. The molecule has 100 valence electrons. The van der Waals surface area contributed by atoms with Crippen LogP contribution in [0.2, 0.25) is 0 Å². The van der Waals surface area contributed by atoms with Gasteiger partial charge < -0.3 is 21.7 Å². The van der Waals surface area contributed by atoms with Gasteiger partial charge in [-0.2, -0.15) is 0 Å². The summed E-state index contributed by atoms with van der Waals surface area (Å²) in [6.07, 6.45) is -1.44. The summed E-state index contributed by atoms with van der Waals surface area (Å²) >= 11 is 0. The zero-order chi connectivity index (χ0) is 14.0. The standard InChI is InChI=1S/C13H15N3O3/c14-11(18)5-10(17)12(19)9-6-16-13(15)8-4-2-1-3-7(8)9/h1-4,6,10,12,17,19H,5H2,(H2,14,18)(H2,15,16). The van der Waals surface area contributed by atoms with Crippen molar-refractivity contribution in [1.82, 2.24) is 4.98 Å². The summed E-state index contributed by atoms with van der Waals surface area (Å²) < 4.78 is 0. The molecule has 0 saturated heterocycles. The Morgan fingerprint density at radius 1 is 1.26 bits per heavy atom. The van der Waals surface area contributed by atoms with Crippen LogP contribution in [-0.2, 0) is 4.79 Å². The molecule has 0 bridgehead atoms. The number of fused-ring (bicyclic) bond motifs is 1. The summed E-state index contributed by atoms with van der Waals surface area (Å²) in [6.45, 7) is 0. The average molecular weight is 261 g/mol. The van der Waals surface area contributed by atoms with Crippen molar-refractivity contribution in [3.05, 3.63) is 36.0 Å². The summed E-state index contributed by atoms with van der Waals surface area (Å²) in [5.74, 6) is -0.338. The summed E-state index contributed by atoms with van der Waals surface area (Å²) in [5.41, 5.74) is 11.2. The summed E-state index contributed by atoms with van der Waals surface area (Å²) in [6, 6.07) is 7.13. The van der Waals surface area contributed by atoms with E-state index in [0.717, 1.165) is 0 Å². The smallest absolute Gasteiger partial charge is 0.220 e. The fourth-order valence-electron chi connectivity index (χ4n) is 2.00. The number of hydrogen-bond acceptors (Lipinski definition) is 5. The number of nitrogen functional groups attached to an aromatic ring is 1. The zero-order valence-electron chi connectivity index (χ0n) is 10.2. The lowest BCUT2D eigenvalue weighted by atomic mass is 9.98. The number of aliphatic hydroxyl groups is 2. The molecule has 19 heavy (non-hydrogen) atoms. The Morgan fingerprint density at radius 2 is 1.89 bits per heavy atom. The van der Waals surface area contributed by atoms with Crippen LogP contribution in [0.25, 0.3) is 10.8 Å². The molecule has 6 N–H and O–H groups in total. The number of rotatable bonds is 4. The molecule has 6 heteroatoms. The molecule has 0 saturated carbocycles. The number of nitrogens with two attached hydrogens (primary N) is 2. The first kappa shape index (κ1) is 13.3. The third-order valence-electron chi connectivity index (χ3n) is 2.95. The van der Waals surface area contributed by atoms with Crippen molar-refractivity contribution >= 4 is 22.5 Å². The topological polar surface area (TPSA) is 122 Å². The number of hydrogen-bond donors (Lipinski definition) is 4. The number of amides is 1. The Kier molecular flexibility index (Phi) is 3.64. The van der Waals surface area contributed by atoms with Gasteiger partial charge in [0, 0.05) is 17.1 Å². The molecular formula is C13H15N3O3. The fourth-order valence-corrected chi connectivity index (χ4v) is 2.00. The Morgan fingerprint density at radius 3 is 2.53 bits per heavy atom. The number of aromatic nitrogens is 1. The molecule has 1 heterocycles. The van der Waals surface area contributed by atoms with E-state index in [1.807, 2.05) is 0 Å². The molecule has 0 spiro atoms. The highest BCUT2D eigenvalue weighted by atomic mass is 16.3. The molecule has 1 aromatic heterocycles. The van der Waals surface area contributed by atoms with Crippen LogP contribution in [0.4, 0.5) is 5.82 Å². The second kappa shape index (κ2) is 5.21. The molecule has 0 aliphatic rings. The minimum Gasteiger partial charge on any atom is -0.390 e. The molecule has 6 nitrogen and oxygen atoms in total. The molecule has 2 atom stereocenters. The van der Waals surface area contributed by atoms with E-state index in [-0.39, 0.29) is 6.42 Å². The minimum absolute atomic E-state index is 0.320. The second-order valence-electron chi connectivity index (χ2n) is 4.33. The van der Waals surface area contributed by atoms with Crippen molar-refractivity contribution in [1.29, 1.82) is 0 Å². The predicted octanol–water partition coefficient (Wildman–Crippen LogP) is 0.0867. The van der Waals surface area contributed by atoms with Crippen molar-refractivity contribution in [2.75, 3.05) is 5.73 Å². The molecule has 0 radical (unpaired) electrons. The number of nitrogens with zero attached hydrogens (tertiary/aromatic N) is 1. The minimum atomic E-state index is -1.27. The maximum atomic E-state index is 10.8. The first-order valence-electron chi connectivity index (χ1n) is 5.78. The van der Waals surface area contributed by atoms with Gasteiger partial charge >= 0.3 is 0 Å². The largest absolute Gasteiger partial charge is 0.390 e. The normalized spacial score (nSPS) is 14.2. The number of pyridine rings is 1. The van der Waals surface area contributed by atoms with Gasteiger partial charge in [-0.3, -0.25) is 4.79 Å². The second-order valence-corrected chi connectivity index (χ2v) is 4.33. The van der Waals surface area contributed by atoms with Gasteiger partial charge in [-0.25, -0.2) is 4.98 Å². The van der Waals surface area contributed by atoms with E-state index in [0.29, 0.717) is 22.2 Å².